The van der Waals surface area contributed by atoms with E-state index in [1.54, 1.807) is 11.8 Å². The van der Waals surface area contributed by atoms with Gasteiger partial charge < -0.3 is 0 Å². The summed E-state index contributed by atoms with van der Waals surface area (Å²) in [6, 6.07) is 16.5. The number of anilines is 1. The lowest BCUT2D eigenvalue weighted by Crippen LogP contribution is -2.49. The highest BCUT2D eigenvalue weighted by Gasteiger charge is 2.42. The normalized spacial score (nSPS) is 21.9. The molecule has 2 aliphatic rings. The lowest BCUT2D eigenvalue weighted by molar-refractivity contribution is -0.121. The maximum atomic E-state index is 13.3. The predicted octanol–water partition coefficient (Wildman–Crippen LogP) is 3.24. The average Bonchev–Trinajstić information content (AvgIpc) is 3.16. The summed E-state index contributed by atoms with van der Waals surface area (Å²) in [7, 11) is 0. The number of benzene rings is 2. The Morgan fingerprint density at radius 3 is 2.67 bits per heavy atom. The second-order valence-corrected chi connectivity index (χ2v) is 7.80. The number of carbonyl (C=O) groups is 1. The number of amidine groups is 1. The Morgan fingerprint density at radius 1 is 1.15 bits per heavy atom. The number of nitrogens with one attached hydrogen (secondary N) is 2. The maximum Gasteiger partial charge on any atom is 0.241 e. The number of nitrogens with zero attached hydrogens (tertiary/aromatic N) is 2. The van der Waals surface area contributed by atoms with Crippen molar-refractivity contribution in [3.05, 3.63) is 65.2 Å². The van der Waals surface area contributed by atoms with Crippen LogP contribution in [0.5, 0.6) is 0 Å². The number of carbonyl (C=O) groups excluding carboxylic acids is 1. The van der Waals surface area contributed by atoms with Crippen LogP contribution in [0.25, 0.3) is 0 Å². The molecule has 2 aliphatic heterocycles. The van der Waals surface area contributed by atoms with Crippen molar-refractivity contribution in [1.82, 2.24) is 10.9 Å². The summed E-state index contributed by atoms with van der Waals surface area (Å²) in [5, 5.41) is 0.765. The Bertz CT molecular complexity index is 882. The molecule has 27 heavy (non-hydrogen) atoms. The van der Waals surface area contributed by atoms with E-state index in [9.17, 15) is 4.79 Å². The third-order valence-electron chi connectivity index (χ3n) is 5.16. The number of para-hydroxylation sites is 1. The fourth-order valence-electron chi connectivity index (χ4n) is 3.53. The monoisotopic (exact) mass is 380 g/mol. The van der Waals surface area contributed by atoms with Crippen molar-refractivity contribution in [2.45, 2.75) is 32.2 Å². The molecule has 0 aliphatic carbocycles. The molecule has 4 rings (SSSR count). The van der Waals surface area contributed by atoms with E-state index in [4.69, 9.17) is 4.99 Å². The molecule has 0 spiro atoms. The Morgan fingerprint density at radius 2 is 1.89 bits per heavy atom. The molecule has 2 N–H and O–H groups in total. The minimum absolute atomic E-state index is 0.112. The third kappa shape index (κ3) is 3.52. The zero-order chi connectivity index (χ0) is 18.8. The van der Waals surface area contributed by atoms with E-state index in [0.29, 0.717) is 6.54 Å². The molecule has 0 bridgehead atoms. The quantitative estimate of drug-likeness (QED) is 0.855. The zero-order valence-electron chi connectivity index (χ0n) is 15.6. The topological polar surface area (TPSA) is 56.7 Å². The first-order chi connectivity index (χ1) is 13.2. The van der Waals surface area contributed by atoms with Gasteiger partial charge in [-0.25, -0.2) is 10.4 Å². The fraction of sp³-hybridized carbons (Fsp3) is 0.333. The van der Waals surface area contributed by atoms with E-state index < -0.39 is 0 Å². The van der Waals surface area contributed by atoms with Gasteiger partial charge in [0.2, 0.25) is 5.91 Å². The molecule has 5 nitrogen and oxygen atoms in total. The smallest absolute Gasteiger partial charge is 0.241 e. The number of fused-ring (bicyclic) bond motifs is 1. The van der Waals surface area contributed by atoms with Crippen LogP contribution in [0.15, 0.2) is 53.5 Å². The maximum absolute atomic E-state index is 13.3. The largest absolute Gasteiger partial charge is 0.274 e. The van der Waals surface area contributed by atoms with Crippen molar-refractivity contribution in [3.63, 3.8) is 0 Å². The summed E-state index contributed by atoms with van der Waals surface area (Å²) in [6.45, 7) is 4.84. The first-order valence-corrected chi connectivity index (χ1v) is 10.3. The second kappa shape index (κ2) is 7.84. The number of rotatable bonds is 4. The molecule has 0 radical (unpaired) electrons. The number of hydrogen-bond acceptors (Lipinski definition) is 5. The molecule has 1 amide bonds. The Balaban J connectivity index is 1.69. The molecule has 0 aromatic heterocycles. The highest BCUT2D eigenvalue weighted by atomic mass is 32.2. The number of aliphatic imine (C=N–C) groups is 1. The number of aryl methyl sites for hydroxylation is 2. The van der Waals surface area contributed by atoms with Crippen LogP contribution in [0.4, 0.5) is 5.69 Å². The van der Waals surface area contributed by atoms with Gasteiger partial charge in [0.05, 0.1) is 11.6 Å². The van der Waals surface area contributed by atoms with Crippen molar-refractivity contribution in [2.75, 3.05) is 11.4 Å². The first-order valence-electron chi connectivity index (χ1n) is 9.34. The lowest BCUT2D eigenvalue weighted by Gasteiger charge is -2.33. The highest BCUT2D eigenvalue weighted by molar-refractivity contribution is 8.13. The summed E-state index contributed by atoms with van der Waals surface area (Å²) >= 11 is 1.63. The summed E-state index contributed by atoms with van der Waals surface area (Å²) in [4.78, 5) is 20.0. The molecule has 2 heterocycles. The van der Waals surface area contributed by atoms with Gasteiger partial charge in [-0.3, -0.25) is 15.1 Å². The van der Waals surface area contributed by atoms with Crippen LogP contribution in [0.1, 0.15) is 23.6 Å². The predicted molar refractivity (Wildman–Crippen MR) is 112 cm³/mol. The molecule has 2 unspecified atom stereocenters. The van der Waals surface area contributed by atoms with Crippen molar-refractivity contribution in [1.29, 1.82) is 0 Å². The molecule has 1 saturated heterocycles. The van der Waals surface area contributed by atoms with Gasteiger partial charge in [0.15, 0.2) is 5.17 Å². The summed E-state index contributed by atoms with van der Waals surface area (Å²) in [6.07, 6.45) is 0.683. The molecule has 2 atom stereocenters. The van der Waals surface area contributed by atoms with Gasteiger partial charge in [0, 0.05) is 12.3 Å². The van der Waals surface area contributed by atoms with E-state index in [1.807, 2.05) is 29.2 Å². The molecule has 140 valence electrons. The molecule has 1 fully saturated rings. The van der Waals surface area contributed by atoms with Crippen LogP contribution in [0.2, 0.25) is 0 Å². The molecular formula is C21H24N4OS. The minimum Gasteiger partial charge on any atom is -0.274 e. The van der Waals surface area contributed by atoms with Crippen LogP contribution < -0.4 is 15.8 Å². The minimum atomic E-state index is -0.193. The van der Waals surface area contributed by atoms with E-state index in [-0.39, 0.29) is 18.0 Å². The van der Waals surface area contributed by atoms with Crippen LogP contribution >= 0.6 is 11.8 Å². The van der Waals surface area contributed by atoms with Crippen molar-refractivity contribution in [2.24, 2.45) is 10.9 Å². The Kier molecular flexibility index (Phi) is 5.29. The molecule has 0 saturated carbocycles. The Hall–Kier alpha value is -2.15. The van der Waals surface area contributed by atoms with Crippen LogP contribution in [-0.2, 0) is 17.0 Å². The van der Waals surface area contributed by atoms with Crippen LogP contribution in [-0.4, -0.2) is 23.8 Å². The summed E-state index contributed by atoms with van der Waals surface area (Å²) in [5.74, 6) is 0.729. The van der Waals surface area contributed by atoms with Gasteiger partial charge in [-0.05, 0) is 36.1 Å². The van der Waals surface area contributed by atoms with Crippen LogP contribution in [0.3, 0.4) is 0 Å². The molecule has 2 aromatic rings. The van der Waals surface area contributed by atoms with E-state index in [1.165, 1.54) is 11.1 Å². The molecular weight excluding hydrogens is 356 g/mol. The summed E-state index contributed by atoms with van der Waals surface area (Å²) in [5.41, 5.74) is 10.8. The van der Waals surface area contributed by atoms with E-state index in [0.717, 1.165) is 28.6 Å². The van der Waals surface area contributed by atoms with Crippen molar-refractivity contribution >= 4 is 28.5 Å². The Labute approximate surface area is 164 Å². The van der Waals surface area contributed by atoms with Gasteiger partial charge in [-0.1, -0.05) is 61.2 Å². The van der Waals surface area contributed by atoms with Crippen molar-refractivity contribution in [3.8, 4) is 0 Å². The van der Waals surface area contributed by atoms with E-state index in [2.05, 4.69) is 49.0 Å². The first kappa shape index (κ1) is 18.2. The van der Waals surface area contributed by atoms with Gasteiger partial charge >= 0.3 is 0 Å². The zero-order valence-corrected chi connectivity index (χ0v) is 16.4. The average molecular weight is 381 g/mol. The van der Waals surface area contributed by atoms with Crippen molar-refractivity contribution < 1.29 is 4.79 Å². The summed E-state index contributed by atoms with van der Waals surface area (Å²) < 4.78 is 0. The van der Waals surface area contributed by atoms with E-state index >= 15 is 0 Å². The molecule has 6 heteroatoms. The fourth-order valence-corrected chi connectivity index (χ4v) is 4.65. The standard InChI is InChI=1S/C21H24N4OS/c1-3-15-9-6-7-11-18(15)25-20(26)17-12-22-24-19(17)23-21(25)27-13-16-10-5-4-8-14(16)2/h4-11,17,19,22,24H,3,12-13H2,1-2H3. The van der Waals surface area contributed by atoms with Gasteiger partial charge in [0.25, 0.3) is 0 Å². The van der Waals surface area contributed by atoms with Gasteiger partial charge in [-0.2, -0.15) is 0 Å². The lowest BCUT2D eigenvalue weighted by atomic mass is 10.0. The number of hydrazine groups is 1. The number of hydrogen-bond donors (Lipinski definition) is 2. The van der Waals surface area contributed by atoms with Gasteiger partial charge in [0.1, 0.15) is 6.17 Å². The number of thioether (sulfide) groups is 1. The number of amides is 1. The van der Waals surface area contributed by atoms with Crippen LogP contribution in [0, 0.1) is 12.8 Å². The van der Waals surface area contributed by atoms with Gasteiger partial charge in [-0.15, -0.1) is 0 Å². The highest BCUT2D eigenvalue weighted by Crippen LogP contribution is 2.33. The SMILES string of the molecule is CCc1ccccc1N1C(=O)C2CNNC2N=C1SCc1ccccc1C. The second-order valence-electron chi connectivity index (χ2n) is 6.86. The molecule has 2 aromatic carbocycles. The third-order valence-corrected chi connectivity index (χ3v) is 6.16.